The van der Waals surface area contributed by atoms with Crippen LogP contribution in [0.1, 0.15) is 88.0 Å². The maximum Gasteiger partial charge on any atom is 0.127 e. The van der Waals surface area contributed by atoms with Crippen LogP contribution in [-0.4, -0.2) is 21.5 Å². The number of aryl methyl sites for hydroxylation is 2. The fourth-order valence-electron chi connectivity index (χ4n) is 4.73. The van der Waals surface area contributed by atoms with Crippen molar-refractivity contribution in [2.75, 3.05) is 11.5 Å². The predicted molar refractivity (Wildman–Crippen MR) is 120 cm³/mol. The van der Waals surface area contributed by atoms with Crippen molar-refractivity contribution in [1.29, 1.82) is 0 Å². The van der Waals surface area contributed by atoms with Crippen molar-refractivity contribution in [2.45, 2.75) is 85.0 Å². The molecule has 148 valence electrons. The summed E-state index contributed by atoms with van der Waals surface area (Å²) in [6, 6.07) is 2.46. The molecule has 3 heterocycles. The molecule has 1 aliphatic carbocycles. The average Bonchev–Trinajstić information content (AvgIpc) is 3.04. The molecule has 2 fully saturated rings. The van der Waals surface area contributed by atoms with Crippen molar-refractivity contribution in [3.8, 4) is 0 Å². The minimum absolute atomic E-state index is 0.504. The van der Waals surface area contributed by atoms with E-state index >= 15 is 0 Å². The first-order chi connectivity index (χ1) is 12.8. The van der Waals surface area contributed by atoms with Crippen LogP contribution in [0.4, 0.5) is 0 Å². The molecular formula is C23H34N2S2. The molecule has 2 aromatic heterocycles. The Morgan fingerprint density at radius 1 is 1.04 bits per heavy atom. The van der Waals surface area contributed by atoms with Crippen molar-refractivity contribution in [3.05, 3.63) is 22.5 Å². The molecule has 0 atom stereocenters. The maximum atomic E-state index is 4.89. The van der Waals surface area contributed by atoms with Crippen LogP contribution in [0, 0.1) is 17.8 Å². The monoisotopic (exact) mass is 402 g/mol. The lowest BCUT2D eigenvalue weighted by Crippen LogP contribution is -2.23. The van der Waals surface area contributed by atoms with E-state index in [0.717, 1.165) is 18.2 Å². The molecule has 1 saturated carbocycles. The van der Waals surface area contributed by atoms with E-state index in [-0.39, 0.29) is 0 Å². The highest BCUT2D eigenvalue weighted by Gasteiger charge is 2.30. The topological polar surface area (TPSA) is 25.8 Å². The van der Waals surface area contributed by atoms with E-state index in [1.807, 2.05) is 11.3 Å². The smallest absolute Gasteiger partial charge is 0.127 e. The van der Waals surface area contributed by atoms with Crippen LogP contribution in [0.15, 0.2) is 6.07 Å². The Bertz CT molecular complexity index is 792. The summed E-state index contributed by atoms with van der Waals surface area (Å²) >= 11 is 4.06. The standard InChI is InChI=1S/C23H34N2S2/c1-16-24-19(7-10-23(4)11-13-26-14-12-23)18-15-20(27-21(18)25-16)17-5-8-22(2,3)9-6-17/h15,17H,5-14H2,1-4H3. The van der Waals surface area contributed by atoms with Gasteiger partial charge in [-0.2, -0.15) is 11.8 Å². The van der Waals surface area contributed by atoms with Crippen LogP contribution in [0.2, 0.25) is 0 Å². The molecule has 0 unspecified atom stereocenters. The quantitative estimate of drug-likeness (QED) is 0.543. The second-order valence-electron chi connectivity index (χ2n) is 9.95. The number of fused-ring (bicyclic) bond motifs is 1. The Morgan fingerprint density at radius 3 is 2.44 bits per heavy atom. The zero-order valence-electron chi connectivity index (χ0n) is 17.4. The van der Waals surface area contributed by atoms with Gasteiger partial charge in [0.1, 0.15) is 10.7 Å². The van der Waals surface area contributed by atoms with Crippen LogP contribution in [-0.2, 0) is 6.42 Å². The van der Waals surface area contributed by atoms with Crippen LogP contribution >= 0.6 is 23.1 Å². The van der Waals surface area contributed by atoms with E-state index in [9.17, 15) is 0 Å². The molecule has 0 spiro atoms. The van der Waals surface area contributed by atoms with Crippen molar-refractivity contribution in [1.82, 2.24) is 9.97 Å². The number of aromatic nitrogens is 2. The molecule has 0 bridgehead atoms. The molecule has 0 radical (unpaired) electrons. The lowest BCUT2D eigenvalue weighted by Gasteiger charge is -2.33. The minimum atomic E-state index is 0.504. The van der Waals surface area contributed by atoms with Gasteiger partial charge in [0, 0.05) is 10.3 Å². The molecule has 0 aromatic carbocycles. The lowest BCUT2D eigenvalue weighted by atomic mass is 9.73. The SMILES string of the molecule is Cc1nc(CCC2(C)CCSCC2)c2cc(C3CCC(C)(C)CC3)sc2n1. The maximum absolute atomic E-state index is 4.89. The average molecular weight is 403 g/mol. The van der Waals surface area contributed by atoms with Gasteiger partial charge in [-0.05, 0) is 92.6 Å². The van der Waals surface area contributed by atoms with Gasteiger partial charge in [-0.15, -0.1) is 11.3 Å². The number of hydrogen-bond donors (Lipinski definition) is 0. The zero-order valence-corrected chi connectivity index (χ0v) is 19.1. The van der Waals surface area contributed by atoms with Crippen LogP contribution in [0.5, 0.6) is 0 Å². The van der Waals surface area contributed by atoms with E-state index in [0.29, 0.717) is 10.8 Å². The second kappa shape index (κ2) is 7.67. The predicted octanol–water partition coefficient (Wildman–Crippen LogP) is 7.15. The zero-order chi connectivity index (χ0) is 19.1. The molecule has 0 N–H and O–H groups in total. The second-order valence-corrected chi connectivity index (χ2v) is 12.2. The summed E-state index contributed by atoms with van der Waals surface area (Å²) in [4.78, 5) is 12.5. The first-order valence-electron chi connectivity index (χ1n) is 10.7. The number of hydrogen-bond acceptors (Lipinski definition) is 4. The van der Waals surface area contributed by atoms with Crippen molar-refractivity contribution >= 4 is 33.3 Å². The first kappa shape index (κ1) is 19.7. The van der Waals surface area contributed by atoms with Gasteiger partial charge in [0.25, 0.3) is 0 Å². The van der Waals surface area contributed by atoms with Crippen molar-refractivity contribution in [3.63, 3.8) is 0 Å². The first-order valence-corrected chi connectivity index (χ1v) is 12.7. The number of rotatable bonds is 4. The molecule has 1 saturated heterocycles. The number of thiophene rings is 1. The molecular weight excluding hydrogens is 368 g/mol. The highest BCUT2D eigenvalue weighted by Crippen LogP contribution is 2.45. The summed E-state index contributed by atoms with van der Waals surface area (Å²) in [5.74, 6) is 4.34. The minimum Gasteiger partial charge on any atom is -0.238 e. The fourth-order valence-corrected chi connectivity index (χ4v) is 7.47. The highest BCUT2D eigenvalue weighted by molar-refractivity contribution is 7.99. The van der Waals surface area contributed by atoms with E-state index in [2.05, 4.69) is 45.5 Å². The third kappa shape index (κ3) is 4.53. The van der Waals surface area contributed by atoms with E-state index in [1.54, 1.807) is 4.88 Å². The molecule has 27 heavy (non-hydrogen) atoms. The Hall–Kier alpha value is -0.610. The Kier molecular flexibility index (Phi) is 5.59. The normalized spacial score (nSPS) is 23.0. The van der Waals surface area contributed by atoms with Crippen LogP contribution in [0.3, 0.4) is 0 Å². The van der Waals surface area contributed by atoms with Gasteiger partial charge < -0.3 is 0 Å². The van der Waals surface area contributed by atoms with Gasteiger partial charge in [-0.25, -0.2) is 9.97 Å². The van der Waals surface area contributed by atoms with E-state index < -0.39 is 0 Å². The van der Waals surface area contributed by atoms with Crippen molar-refractivity contribution < 1.29 is 0 Å². The van der Waals surface area contributed by atoms with Gasteiger partial charge >= 0.3 is 0 Å². The molecule has 2 aliphatic rings. The summed E-state index contributed by atoms with van der Waals surface area (Å²) in [7, 11) is 0. The van der Waals surface area contributed by atoms with Gasteiger partial charge in [-0.3, -0.25) is 0 Å². The summed E-state index contributed by atoms with van der Waals surface area (Å²) in [5, 5.41) is 1.35. The molecule has 1 aliphatic heterocycles. The summed E-state index contributed by atoms with van der Waals surface area (Å²) in [6.45, 7) is 9.39. The van der Waals surface area contributed by atoms with Gasteiger partial charge in [-0.1, -0.05) is 20.8 Å². The largest absolute Gasteiger partial charge is 0.238 e. The Balaban J connectivity index is 1.55. The van der Waals surface area contributed by atoms with Crippen LogP contribution < -0.4 is 0 Å². The molecule has 0 amide bonds. The third-order valence-electron chi connectivity index (χ3n) is 7.01. The summed E-state index contributed by atoms with van der Waals surface area (Å²) in [5.41, 5.74) is 2.34. The Labute approximate surface area is 173 Å². The lowest BCUT2D eigenvalue weighted by molar-refractivity contribution is 0.226. The van der Waals surface area contributed by atoms with Crippen LogP contribution in [0.25, 0.3) is 10.2 Å². The third-order valence-corrected chi connectivity index (χ3v) is 9.19. The van der Waals surface area contributed by atoms with Gasteiger partial charge in [0.15, 0.2) is 0 Å². The van der Waals surface area contributed by atoms with E-state index in [4.69, 9.17) is 9.97 Å². The van der Waals surface area contributed by atoms with Gasteiger partial charge in [0.2, 0.25) is 0 Å². The van der Waals surface area contributed by atoms with E-state index in [1.165, 1.54) is 72.4 Å². The number of nitrogens with zero attached hydrogens (tertiary/aromatic N) is 2. The summed E-state index contributed by atoms with van der Waals surface area (Å²) < 4.78 is 0. The van der Waals surface area contributed by atoms with Gasteiger partial charge in [0.05, 0.1) is 5.69 Å². The molecule has 4 heteroatoms. The van der Waals surface area contributed by atoms with Crippen molar-refractivity contribution in [2.24, 2.45) is 10.8 Å². The number of thioether (sulfide) groups is 1. The Morgan fingerprint density at radius 2 is 1.74 bits per heavy atom. The fraction of sp³-hybridized carbons (Fsp3) is 0.739. The highest BCUT2D eigenvalue weighted by atomic mass is 32.2. The molecule has 4 rings (SSSR count). The molecule has 2 nitrogen and oxygen atoms in total. The summed E-state index contributed by atoms with van der Waals surface area (Å²) in [6.07, 6.45) is 10.4. The molecule has 2 aromatic rings.